The fourth-order valence-electron chi connectivity index (χ4n) is 8.35. The molecule has 0 N–H and O–H groups in total. The van der Waals surface area contributed by atoms with Gasteiger partial charge in [-0.1, -0.05) is 99.1 Å². The number of anilines is 3. The number of hydrogen-bond acceptors (Lipinski definition) is 5. The molecule has 0 spiro atoms. The number of para-hydroxylation sites is 1. The molecule has 10 rings (SSSR count). The van der Waals surface area contributed by atoms with Crippen LogP contribution in [0, 0.1) is 18.8 Å². The quantitative estimate of drug-likeness (QED) is 0.165. The first kappa shape index (κ1) is 33.3. The fourth-order valence-corrected chi connectivity index (χ4v) is 8.35. The van der Waals surface area contributed by atoms with Crippen molar-refractivity contribution in [2.75, 3.05) is 16.8 Å². The SMILES string of the molecule is CN1[CH-]N(c2[c-]c(C3(c4[c-]c5c(cc4)c4ccccc4n5-c4ccccn4)c4ccccc4-c4ccccc43)cc(C(C)(C)C)c2)c2cncnc21.[Pt]. The van der Waals surface area contributed by atoms with Gasteiger partial charge in [0.25, 0.3) is 0 Å². The third-order valence-corrected chi connectivity index (χ3v) is 10.8. The van der Waals surface area contributed by atoms with E-state index in [1.54, 1.807) is 6.33 Å². The first-order chi connectivity index (χ1) is 25.3. The monoisotopic (exact) mass is 866 g/mol. The number of nitrogens with zero attached hydrogens (tertiary/aromatic N) is 6. The summed E-state index contributed by atoms with van der Waals surface area (Å²) in [6, 6.07) is 49.6. The number of benzene rings is 5. The largest absolute Gasteiger partial charge is 0.491 e. The molecule has 4 heterocycles. The molecule has 0 bridgehead atoms. The van der Waals surface area contributed by atoms with E-state index in [0.717, 1.165) is 50.6 Å². The zero-order valence-corrected chi connectivity index (χ0v) is 32.1. The van der Waals surface area contributed by atoms with Crippen molar-refractivity contribution in [1.82, 2.24) is 19.5 Å². The van der Waals surface area contributed by atoms with Crippen LogP contribution in [0.15, 0.2) is 134 Å². The van der Waals surface area contributed by atoms with Gasteiger partial charge in [0.05, 0.1) is 11.9 Å². The predicted octanol–water partition coefficient (Wildman–Crippen LogP) is 9.93. The Balaban J connectivity index is 0.00000372. The first-order valence-corrected chi connectivity index (χ1v) is 17.7. The molecular weight excluding hydrogens is 832 g/mol. The summed E-state index contributed by atoms with van der Waals surface area (Å²) in [7, 11) is 2.02. The molecule has 7 heteroatoms. The average molecular weight is 867 g/mol. The Labute approximate surface area is 324 Å². The Morgan fingerprint density at radius 1 is 0.717 bits per heavy atom. The summed E-state index contributed by atoms with van der Waals surface area (Å²) < 4.78 is 2.25. The van der Waals surface area contributed by atoms with E-state index in [4.69, 9.17) is 4.98 Å². The molecule has 0 fully saturated rings. The van der Waals surface area contributed by atoms with Crippen LogP contribution >= 0.6 is 0 Å². The van der Waals surface area contributed by atoms with Crippen LogP contribution in [0.4, 0.5) is 17.2 Å². The second kappa shape index (κ2) is 12.2. The smallest absolute Gasteiger partial charge is 0.135 e. The molecule has 0 unspecified atom stereocenters. The van der Waals surface area contributed by atoms with Crippen LogP contribution < -0.4 is 9.80 Å². The molecule has 6 nitrogen and oxygen atoms in total. The Kier molecular flexibility index (Phi) is 7.69. The van der Waals surface area contributed by atoms with E-state index in [9.17, 15) is 0 Å². The molecule has 1 aliphatic carbocycles. The van der Waals surface area contributed by atoms with Gasteiger partial charge in [-0.15, -0.1) is 28.3 Å². The maximum atomic E-state index is 4.83. The van der Waals surface area contributed by atoms with Gasteiger partial charge in [0.15, 0.2) is 0 Å². The van der Waals surface area contributed by atoms with E-state index in [0.29, 0.717) is 0 Å². The number of fused-ring (bicyclic) bond motifs is 7. The third kappa shape index (κ3) is 4.85. The van der Waals surface area contributed by atoms with Crippen LogP contribution in [0.3, 0.4) is 0 Å². The standard InChI is InChI=1S/C46H35N6.Pt/c1-45(2,3)31-23-32(25-33(24-31)51-29-50(4)44-42(51)27-47-28-49-44)46(38-16-8-5-13-34(38)35-14-6-9-17-39(35)46)30-20-21-37-36-15-7-10-18-40(36)52(41(37)26-30)43-19-11-12-22-48-43;/h5-24,27-29H,1-4H3;/q-3;. The minimum absolute atomic E-state index is 0. The van der Waals surface area contributed by atoms with Gasteiger partial charge in [-0.25, -0.2) is 15.0 Å². The third-order valence-electron chi connectivity index (χ3n) is 10.8. The minimum Gasteiger partial charge on any atom is -0.491 e. The normalized spacial score (nSPS) is 14.3. The van der Waals surface area contributed by atoms with Crippen molar-refractivity contribution in [1.29, 1.82) is 0 Å². The predicted molar refractivity (Wildman–Crippen MR) is 209 cm³/mol. The summed E-state index contributed by atoms with van der Waals surface area (Å²) in [5.41, 5.74) is 11.3. The Morgan fingerprint density at radius 3 is 2.17 bits per heavy atom. The van der Waals surface area contributed by atoms with Crippen molar-refractivity contribution in [3.8, 4) is 16.9 Å². The summed E-state index contributed by atoms with van der Waals surface area (Å²) in [5.74, 6) is 1.72. The molecule has 3 aromatic heterocycles. The van der Waals surface area contributed by atoms with Gasteiger partial charge < -0.3 is 14.4 Å². The molecule has 2 aliphatic rings. The Bertz CT molecular complexity index is 2650. The van der Waals surface area contributed by atoms with Crippen LogP contribution in [-0.4, -0.2) is 26.6 Å². The average Bonchev–Trinajstić information content (AvgIpc) is 3.80. The summed E-state index contributed by atoms with van der Waals surface area (Å²) in [5, 5.41) is 2.31. The van der Waals surface area contributed by atoms with E-state index in [1.165, 1.54) is 33.2 Å². The van der Waals surface area contributed by atoms with Crippen LogP contribution in [-0.2, 0) is 31.9 Å². The molecule has 0 saturated carbocycles. The van der Waals surface area contributed by atoms with Crippen LogP contribution in [0.1, 0.15) is 48.6 Å². The zero-order valence-electron chi connectivity index (χ0n) is 29.8. The fraction of sp³-hybridized carbons (Fsp3) is 0.130. The van der Waals surface area contributed by atoms with E-state index < -0.39 is 5.41 Å². The van der Waals surface area contributed by atoms with Gasteiger partial charge in [-0.3, -0.25) is 0 Å². The van der Waals surface area contributed by atoms with E-state index >= 15 is 0 Å². The summed E-state index contributed by atoms with van der Waals surface area (Å²) >= 11 is 0. The van der Waals surface area contributed by atoms with Gasteiger partial charge in [-0.05, 0) is 58.3 Å². The summed E-state index contributed by atoms with van der Waals surface area (Å²) in [6.07, 6.45) is 5.34. The van der Waals surface area contributed by atoms with Gasteiger partial charge in [0, 0.05) is 38.2 Å². The topological polar surface area (TPSA) is 50.1 Å². The zero-order chi connectivity index (χ0) is 35.2. The van der Waals surface area contributed by atoms with Gasteiger partial charge in [0.2, 0.25) is 0 Å². The van der Waals surface area contributed by atoms with Gasteiger partial charge in [0.1, 0.15) is 18.0 Å². The molecule has 8 aromatic rings. The number of aromatic nitrogens is 4. The van der Waals surface area contributed by atoms with Crippen molar-refractivity contribution < 1.29 is 21.1 Å². The second-order valence-electron chi connectivity index (χ2n) is 14.8. The van der Waals surface area contributed by atoms with Gasteiger partial charge in [-0.2, -0.15) is 42.6 Å². The molecule has 53 heavy (non-hydrogen) atoms. The first-order valence-electron chi connectivity index (χ1n) is 17.7. The molecular formula is C46H35N6Pt-3. The van der Waals surface area contributed by atoms with Crippen molar-refractivity contribution in [2.24, 2.45) is 0 Å². The maximum absolute atomic E-state index is 4.83. The maximum Gasteiger partial charge on any atom is 0.135 e. The summed E-state index contributed by atoms with van der Waals surface area (Å²) in [6.45, 7) is 8.91. The molecule has 0 amide bonds. The molecule has 262 valence electrons. The molecule has 0 radical (unpaired) electrons. The van der Waals surface area contributed by atoms with E-state index in [1.807, 2.05) is 36.5 Å². The van der Waals surface area contributed by atoms with E-state index in [-0.39, 0.29) is 26.5 Å². The van der Waals surface area contributed by atoms with Crippen LogP contribution in [0.5, 0.6) is 0 Å². The van der Waals surface area contributed by atoms with Gasteiger partial charge >= 0.3 is 0 Å². The Morgan fingerprint density at radius 2 is 1.43 bits per heavy atom. The second-order valence-corrected chi connectivity index (χ2v) is 14.8. The molecule has 0 atom stereocenters. The molecule has 0 saturated heterocycles. The van der Waals surface area contributed by atoms with Crippen molar-refractivity contribution in [2.45, 2.75) is 31.6 Å². The molecule has 5 aromatic carbocycles. The van der Waals surface area contributed by atoms with Crippen LogP contribution in [0.25, 0.3) is 38.8 Å². The van der Waals surface area contributed by atoms with Crippen molar-refractivity contribution in [3.63, 3.8) is 0 Å². The molecule has 1 aliphatic heterocycles. The number of pyridine rings is 1. The summed E-state index contributed by atoms with van der Waals surface area (Å²) in [4.78, 5) is 18.1. The van der Waals surface area contributed by atoms with Crippen LogP contribution in [0.2, 0.25) is 0 Å². The minimum atomic E-state index is -0.732. The Hall–Kier alpha value is -5.58. The van der Waals surface area contributed by atoms with Crippen molar-refractivity contribution >= 4 is 39.0 Å². The van der Waals surface area contributed by atoms with E-state index in [2.05, 4.69) is 162 Å². The number of rotatable bonds is 4. The van der Waals surface area contributed by atoms with Crippen molar-refractivity contribution in [3.05, 3.63) is 181 Å². The number of hydrogen-bond donors (Lipinski definition) is 0.